The molecule has 1 aromatic heterocycles. The summed E-state index contributed by atoms with van der Waals surface area (Å²) in [6.07, 6.45) is -1.80. The molecule has 1 aromatic carbocycles. The van der Waals surface area contributed by atoms with Gasteiger partial charge in [-0.05, 0) is 46.3 Å². The number of fused-ring (bicyclic) bond motifs is 2. The number of halogens is 8. The molecule has 28 heavy (non-hydrogen) atoms. The minimum atomic E-state index is -4.83. The van der Waals surface area contributed by atoms with E-state index >= 15 is 8.63 Å². The van der Waals surface area contributed by atoms with Crippen molar-refractivity contribution in [3.05, 3.63) is 68.5 Å². The van der Waals surface area contributed by atoms with Crippen LogP contribution in [0.25, 0.3) is 5.57 Å². The zero-order chi connectivity index (χ0) is 20.4. The lowest BCUT2D eigenvalue weighted by atomic mass is 9.86. The SMILES string of the molecule is F[B-]1(F)n2c(Br)ccc2C(c2ccc(OC(F)(F)F)cc2Br)=C2C=CC(Br)=[N+]21. The topological polar surface area (TPSA) is 17.2 Å². The summed E-state index contributed by atoms with van der Waals surface area (Å²) >= 11 is 9.55. The van der Waals surface area contributed by atoms with Gasteiger partial charge in [0.1, 0.15) is 5.75 Å². The number of alkyl halides is 3. The van der Waals surface area contributed by atoms with Crippen molar-refractivity contribution >= 4 is 65.0 Å². The van der Waals surface area contributed by atoms with Crippen LogP contribution in [-0.2, 0) is 0 Å². The molecule has 0 bridgehead atoms. The molecule has 2 aliphatic heterocycles. The summed E-state index contributed by atoms with van der Waals surface area (Å²) in [5.74, 6) is -0.415. The lowest BCUT2D eigenvalue weighted by Crippen LogP contribution is -2.50. The predicted molar refractivity (Wildman–Crippen MR) is 106 cm³/mol. The Labute approximate surface area is 180 Å². The first kappa shape index (κ1) is 19.9. The van der Waals surface area contributed by atoms with Crippen molar-refractivity contribution in [2.75, 3.05) is 0 Å². The number of aromatic nitrogens is 1. The fourth-order valence-corrected chi connectivity index (χ4v) is 5.00. The van der Waals surface area contributed by atoms with Gasteiger partial charge in [0.2, 0.25) is 4.62 Å². The Bertz CT molecular complexity index is 1100. The number of hydrogen-bond donors (Lipinski definition) is 0. The van der Waals surface area contributed by atoms with Crippen LogP contribution < -0.4 is 4.74 Å². The van der Waals surface area contributed by atoms with Crippen LogP contribution in [0.15, 0.2) is 57.3 Å². The van der Waals surface area contributed by atoms with Crippen molar-refractivity contribution in [2.45, 2.75) is 6.36 Å². The summed E-state index contributed by atoms with van der Waals surface area (Å²) in [6, 6.07) is 6.72. The Morgan fingerprint density at radius 1 is 1.00 bits per heavy atom. The van der Waals surface area contributed by atoms with Crippen molar-refractivity contribution in [1.29, 1.82) is 0 Å². The highest BCUT2D eigenvalue weighted by Crippen LogP contribution is 2.44. The van der Waals surface area contributed by atoms with Crippen LogP contribution in [0.3, 0.4) is 0 Å². The number of allylic oxidation sites excluding steroid dienone is 2. The number of ether oxygens (including phenoxy) is 1. The lowest BCUT2D eigenvalue weighted by Gasteiger charge is -2.32. The number of benzene rings is 1. The van der Waals surface area contributed by atoms with Gasteiger partial charge in [-0.3, -0.25) is 0 Å². The second-order valence-corrected chi connectivity index (χ2v) is 8.45. The summed E-state index contributed by atoms with van der Waals surface area (Å²) in [5, 5.41) is 0. The summed E-state index contributed by atoms with van der Waals surface area (Å²) in [6.45, 7) is -4.17. The minimum absolute atomic E-state index is 0.185. The Kier molecular flexibility index (Phi) is 4.66. The van der Waals surface area contributed by atoms with Crippen molar-refractivity contribution in [3.63, 3.8) is 0 Å². The van der Waals surface area contributed by atoms with Gasteiger partial charge in [0, 0.05) is 43.8 Å². The molecule has 12 heteroatoms. The number of hydrogen-bond acceptors (Lipinski definition) is 1. The molecule has 3 nitrogen and oxygen atoms in total. The van der Waals surface area contributed by atoms with Crippen molar-refractivity contribution in [3.8, 4) is 5.75 Å². The molecule has 146 valence electrons. The fourth-order valence-electron chi connectivity index (χ4n) is 3.30. The van der Waals surface area contributed by atoms with Crippen LogP contribution in [0.1, 0.15) is 11.3 Å². The Morgan fingerprint density at radius 3 is 2.36 bits per heavy atom. The zero-order valence-electron chi connectivity index (χ0n) is 13.4. The smallest absolute Gasteiger partial charge is 0.406 e. The Morgan fingerprint density at radius 2 is 1.71 bits per heavy atom. The molecule has 0 unspecified atom stereocenters. The maximum absolute atomic E-state index is 15.2. The first-order valence-electron chi connectivity index (χ1n) is 7.70. The van der Waals surface area contributed by atoms with Crippen LogP contribution in [0.2, 0.25) is 0 Å². The standard InChI is InChI=1S/C16H7BBr3F5N2O/c18-10-7-8(28-16(21,22)23)1-2-9(10)15-11-3-5-13(19)26(11)17(24,25)27-12(15)4-6-14(27)20/h1-7H. The third-order valence-electron chi connectivity index (χ3n) is 4.31. The van der Waals surface area contributed by atoms with Gasteiger partial charge in [0.15, 0.2) is 5.70 Å². The first-order valence-corrected chi connectivity index (χ1v) is 10.1. The molecule has 3 heterocycles. The van der Waals surface area contributed by atoms with Gasteiger partial charge in [-0.15, -0.1) is 13.2 Å². The third kappa shape index (κ3) is 3.09. The van der Waals surface area contributed by atoms with Crippen LogP contribution in [0.5, 0.6) is 5.75 Å². The van der Waals surface area contributed by atoms with Crippen LogP contribution in [0.4, 0.5) is 21.8 Å². The molecule has 0 amide bonds. The number of rotatable bonds is 2. The highest BCUT2D eigenvalue weighted by atomic mass is 79.9. The van der Waals surface area contributed by atoms with E-state index in [2.05, 4.69) is 52.5 Å². The Hall–Kier alpha value is -1.40. The summed E-state index contributed by atoms with van der Waals surface area (Å²) in [7, 11) is 0. The van der Waals surface area contributed by atoms with E-state index < -0.39 is 19.1 Å². The zero-order valence-corrected chi connectivity index (χ0v) is 18.2. The molecule has 0 radical (unpaired) electrons. The molecular weight excluding hydrogens is 582 g/mol. The second-order valence-electron chi connectivity index (χ2n) is 5.98. The molecule has 0 saturated carbocycles. The molecule has 0 N–H and O–H groups in total. The van der Waals surface area contributed by atoms with Crippen molar-refractivity contribution in [2.24, 2.45) is 0 Å². The molecule has 0 spiro atoms. The molecule has 4 rings (SSSR count). The first-order chi connectivity index (χ1) is 13.0. The molecular formula is C16H7BBr3F5N2O. The van der Waals surface area contributed by atoms with Gasteiger partial charge >= 0.3 is 13.3 Å². The van der Waals surface area contributed by atoms with E-state index in [0.717, 1.165) is 21.1 Å². The highest BCUT2D eigenvalue weighted by Gasteiger charge is 2.54. The summed E-state index contributed by atoms with van der Waals surface area (Å²) < 4.78 is 74.1. The van der Waals surface area contributed by atoms with E-state index in [1.807, 2.05) is 0 Å². The molecule has 0 atom stereocenters. The predicted octanol–water partition coefficient (Wildman–Crippen LogP) is 6.28. The van der Waals surface area contributed by atoms with Gasteiger partial charge in [-0.25, -0.2) is 0 Å². The molecule has 2 aromatic rings. The number of nitrogens with zero attached hydrogens (tertiary/aromatic N) is 2. The van der Waals surface area contributed by atoms with E-state index in [-0.39, 0.29) is 25.1 Å². The van der Waals surface area contributed by atoms with E-state index in [9.17, 15) is 13.2 Å². The van der Waals surface area contributed by atoms with Gasteiger partial charge in [0.05, 0.1) is 10.2 Å². The molecule has 0 saturated heterocycles. The van der Waals surface area contributed by atoms with Crippen LogP contribution in [0, 0.1) is 0 Å². The molecule has 0 aliphatic carbocycles. The Balaban J connectivity index is 1.95. The van der Waals surface area contributed by atoms with Gasteiger partial charge < -0.3 is 22.3 Å². The molecule has 0 fully saturated rings. The second kappa shape index (κ2) is 6.56. The third-order valence-corrected chi connectivity index (χ3v) is 6.26. The average molecular weight is 589 g/mol. The van der Waals surface area contributed by atoms with Crippen molar-refractivity contribution < 1.29 is 31.0 Å². The quantitative estimate of drug-likeness (QED) is 0.298. The summed E-state index contributed by atoms with van der Waals surface area (Å²) in [4.78, 5) is 0. The molecule has 2 aliphatic rings. The lowest BCUT2D eigenvalue weighted by molar-refractivity contribution is -0.358. The normalized spacial score (nSPS) is 17.9. The van der Waals surface area contributed by atoms with E-state index in [0.29, 0.717) is 11.1 Å². The highest BCUT2D eigenvalue weighted by molar-refractivity contribution is 9.18. The van der Waals surface area contributed by atoms with E-state index in [4.69, 9.17) is 0 Å². The maximum Gasteiger partial charge on any atom is 0.738 e. The van der Waals surface area contributed by atoms with E-state index in [1.165, 1.54) is 30.4 Å². The van der Waals surface area contributed by atoms with Gasteiger partial charge in [-0.2, -0.15) is 0 Å². The van der Waals surface area contributed by atoms with E-state index in [1.54, 1.807) is 0 Å². The maximum atomic E-state index is 15.2. The van der Waals surface area contributed by atoms with Crippen LogP contribution in [-0.4, -0.2) is 26.9 Å². The van der Waals surface area contributed by atoms with Crippen LogP contribution >= 0.6 is 47.8 Å². The average Bonchev–Trinajstić information content (AvgIpc) is 3.13. The summed E-state index contributed by atoms with van der Waals surface area (Å²) in [5.41, 5.74) is 1.36. The van der Waals surface area contributed by atoms with Crippen molar-refractivity contribution in [1.82, 2.24) is 4.48 Å². The van der Waals surface area contributed by atoms with Gasteiger partial charge in [-0.1, -0.05) is 15.9 Å². The van der Waals surface area contributed by atoms with Gasteiger partial charge in [0.25, 0.3) is 0 Å². The minimum Gasteiger partial charge on any atom is -0.406 e. The largest absolute Gasteiger partial charge is 0.738 e. The monoisotopic (exact) mass is 586 g/mol. The fraction of sp³-hybridized carbons (Fsp3) is 0.0625.